The normalized spacial score (nSPS) is 9.95. The molecule has 22 heavy (non-hydrogen) atoms. The van der Waals surface area contributed by atoms with E-state index in [1.165, 1.54) is 13.2 Å². The molecule has 7 heteroatoms. The van der Waals surface area contributed by atoms with Crippen molar-refractivity contribution in [2.75, 3.05) is 19.2 Å². The monoisotopic (exact) mass is 308 g/mol. The van der Waals surface area contributed by atoms with E-state index in [-0.39, 0.29) is 6.73 Å². The molecular formula is C15H14F2N2O3. The number of para-hydroxylation sites is 3. The summed E-state index contributed by atoms with van der Waals surface area (Å²) in [6, 6.07) is 9.38. The minimum atomic E-state index is -0.860. The summed E-state index contributed by atoms with van der Waals surface area (Å²) in [5, 5.41) is 4.41. The molecule has 0 saturated heterocycles. The van der Waals surface area contributed by atoms with Crippen LogP contribution in [0.3, 0.4) is 0 Å². The molecule has 2 aromatic carbocycles. The molecule has 0 atom stereocenters. The molecule has 0 fully saturated rings. The van der Waals surface area contributed by atoms with Crippen molar-refractivity contribution in [3.63, 3.8) is 0 Å². The Morgan fingerprint density at radius 3 is 2.32 bits per heavy atom. The van der Waals surface area contributed by atoms with Crippen molar-refractivity contribution in [3.05, 3.63) is 54.1 Å². The summed E-state index contributed by atoms with van der Waals surface area (Å²) in [6.45, 7) is -0.192. The van der Waals surface area contributed by atoms with Crippen molar-refractivity contribution >= 4 is 11.7 Å². The smallest absolute Gasteiger partial charge is 0.322 e. The fourth-order valence-corrected chi connectivity index (χ4v) is 1.69. The molecule has 0 radical (unpaired) electrons. The van der Waals surface area contributed by atoms with Crippen molar-refractivity contribution in [1.29, 1.82) is 0 Å². The van der Waals surface area contributed by atoms with Gasteiger partial charge in [-0.3, -0.25) is 0 Å². The Morgan fingerprint density at radius 2 is 1.68 bits per heavy atom. The minimum absolute atomic E-state index is 0.192. The molecule has 0 bridgehead atoms. The molecule has 2 rings (SSSR count). The van der Waals surface area contributed by atoms with E-state index in [4.69, 9.17) is 9.47 Å². The Kier molecular flexibility index (Phi) is 5.13. The summed E-state index contributed by atoms with van der Waals surface area (Å²) >= 11 is 0. The lowest BCUT2D eigenvalue weighted by molar-refractivity contribution is 0.231. The van der Waals surface area contributed by atoms with Gasteiger partial charge in [0.05, 0.1) is 7.11 Å². The summed E-state index contributed by atoms with van der Waals surface area (Å²) in [7, 11) is 1.49. The van der Waals surface area contributed by atoms with E-state index in [1.54, 1.807) is 24.3 Å². The molecule has 0 aliphatic rings. The van der Waals surface area contributed by atoms with Gasteiger partial charge < -0.3 is 20.1 Å². The standard InChI is InChI=1S/C15H14F2N2O3/c1-21-12-7-2-3-8-13(12)22-9-18-15(20)19-14-10(16)5-4-6-11(14)17/h2-8H,9H2,1H3,(H2,18,19,20). The SMILES string of the molecule is COc1ccccc1OCNC(=O)Nc1c(F)cccc1F. The predicted octanol–water partition coefficient (Wildman–Crippen LogP) is 3.13. The molecular weight excluding hydrogens is 294 g/mol. The van der Waals surface area contributed by atoms with E-state index < -0.39 is 23.4 Å². The lowest BCUT2D eigenvalue weighted by Gasteiger charge is -2.12. The number of carbonyl (C=O) groups excluding carboxylic acids is 1. The molecule has 2 amide bonds. The Bertz CT molecular complexity index is 645. The van der Waals surface area contributed by atoms with Gasteiger partial charge in [-0.2, -0.15) is 0 Å². The molecule has 0 aliphatic heterocycles. The number of rotatable bonds is 5. The highest BCUT2D eigenvalue weighted by molar-refractivity contribution is 5.89. The summed E-state index contributed by atoms with van der Waals surface area (Å²) in [5.41, 5.74) is -0.516. The maximum absolute atomic E-state index is 13.4. The number of carbonyl (C=O) groups is 1. The lowest BCUT2D eigenvalue weighted by Crippen LogP contribution is -2.32. The van der Waals surface area contributed by atoms with Crippen LogP contribution < -0.4 is 20.1 Å². The fourth-order valence-electron chi connectivity index (χ4n) is 1.69. The van der Waals surface area contributed by atoms with E-state index in [2.05, 4.69) is 10.6 Å². The molecule has 0 aromatic heterocycles. The van der Waals surface area contributed by atoms with Gasteiger partial charge in [0.15, 0.2) is 18.2 Å². The van der Waals surface area contributed by atoms with E-state index >= 15 is 0 Å². The molecule has 2 aromatic rings. The van der Waals surface area contributed by atoms with Crippen molar-refractivity contribution in [2.45, 2.75) is 0 Å². The van der Waals surface area contributed by atoms with Gasteiger partial charge in [-0.05, 0) is 24.3 Å². The second-order valence-corrected chi connectivity index (χ2v) is 4.17. The van der Waals surface area contributed by atoms with Gasteiger partial charge in [-0.25, -0.2) is 13.6 Å². The summed E-state index contributed by atoms with van der Waals surface area (Å²) in [6.07, 6.45) is 0. The molecule has 0 saturated carbocycles. The number of amides is 2. The van der Waals surface area contributed by atoms with Crippen molar-refractivity contribution in [2.24, 2.45) is 0 Å². The molecule has 0 heterocycles. The number of hydrogen-bond acceptors (Lipinski definition) is 3. The van der Waals surface area contributed by atoms with Gasteiger partial charge in [0.25, 0.3) is 0 Å². The first kappa shape index (κ1) is 15.6. The zero-order valence-corrected chi connectivity index (χ0v) is 11.7. The maximum atomic E-state index is 13.4. The van der Waals surface area contributed by atoms with Crippen molar-refractivity contribution in [1.82, 2.24) is 5.32 Å². The molecule has 0 unspecified atom stereocenters. The fraction of sp³-hybridized carbons (Fsp3) is 0.133. The number of anilines is 1. The number of urea groups is 1. The van der Waals surface area contributed by atoms with Crippen LogP contribution in [0.4, 0.5) is 19.3 Å². The van der Waals surface area contributed by atoms with Gasteiger partial charge in [0.2, 0.25) is 0 Å². The van der Waals surface area contributed by atoms with Gasteiger partial charge in [0.1, 0.15) is 17.3 Å². The van der Waals surface area contributed by atoms with Gasteiger partial charge in [-0.15, -0.1) is 0 Å². The van der Waals surface area contributed by atoms with E-state index in [9.17, 15) is 13.6 Å². The number of methoxy groups -OCH3 is 1. The van der Waals surface area contributed by atoms with Crippen LogP contribution in [0.15, 0.2) is 42.5 Å². The van der Waals surface area contributed by atoms with Crippen molar-refractivity contribution in [3.8, 4) is 11.5 Å². The molecule has 116 valence electrons. The first-order valence-electron chi connectivity index (χ1n) is 6.36. The highest BCUT2D eigenvalue weighted by Crippen LogP contribution is 2.25. The lowest BCUT2D eigenvalue weighted by atomic mass is 10.3. The Morgan fingerprint density at radius 1 is 1.05 bits per heavy atom. The van der Waals surface area contributed by atoms with Crippen LogP contribution in [0.2, 0.25) is 0 Å². The zero-order valence-electron chi connectivity index (χ0n) is 11.7. The third-order valence-corrected chi connectivity index (χ3v) is 2.73. The number of nitrogens with one attached hydrogen (secondary N) is 2. The maximum Gasteiger partial charge on any atom is 0.322 e. The third-order valence-electron chi connectivity index (χ3n) is 2.73. The van der Waals surface area contributed by atoms with Crippen LogP contribution in [0, 0.1) is 11.6 Å². The second-order valence-electron chi connectivity index (χ2n) is 4.17. The predicted molar refractivity (Wildman–Crippen MR) is 77.0 cm³/mol. The Balaban J connectivity index is 1.88. The Labute approximate surface area is 125 Å². The molecule has 5 nitrogen and oxygen atoms in total. The van der Waals surface area contributed by atoms with Gasteiger partial charge in [-0.1, -0.05) is 18.2 Å². The van der Waals surface area contributed by atoms with Crippen LogP contribution in [0.25, 0.3) is 0 Å². The number of hydrogen-bond donors (Lipinski definition) is 2. The largest absolute Gasteiger partial charge is 0.493 e. The zero-order chi connectivity index (χ0) is 15.9. The molecule has 0 aliphatic carbocycles. The first-order valence-corrected chi connectivity index (χ1v) is 6.36. The third kappa shape index (κ3) is 3.85. The van der Waals surface area contributed by atoms with Crippen LogP contribution in [-0.2, 0) is 0 Å². The topological polar surface area (TPSA) is 59.6 Å². The number of benzene rings is 2. The van der Waals surface area contributed by atoms with E-state index in [1.807, 2.05) is 0 Å². The summed E-state index contributed by atoms with van der Waals surface area (Å²) in [5.74, 6) is -0.783. The summed E-state index contributed by atoms with van der Waals surface area (Å²) in [4.78, 5) is 11.6. The van der Waals surface area contributed by atoms with Crippen LogP contribution in [-0.4, -0.2) is 19.9 Å². The highest BCUT2D eigenvalue weighted by Gasteiger charge is 2.11. The quantitative estimate of drug-likeness (QED) is 0.834. The minimum Gasteiger partial charge on any atom is -0.493 e. The first-order chi connectivity index (χ1) is 10.6. The second kappa shape index (κ2) is 7.26. The summed E-state index contributed by atoms with van der Waals surface area (Å²) < 4.78 is 37.1. The van der Waals surface area contributed by atoms with Crippen LogP contribution in [0.5, 0.6) is 11.5 Å². The van der Waals surface area contributed by atoms with Crippen LogP contribution in [0.1, 0.15) is 0 Å². The van der Waals surface area contributed by atoms with E-state index in [0.29, 0.717) is 11.5 Å². The molecule has 0 spiro atoms. The van der Waals surface area contributed by atoms with Gasteiger partial charge in [0, 0.05) is 0 Å². The number of ether oxygens (including phenoxy) is 2. The van der Waals surface area contributed by atoms with E-state index in [0.717, 1.165) is 12.1 Å². The number of halogens is 2. The highest BCUT2D eigenvalue weighted by atomic mass is 19.1. The van der Waals surface area contributed by atoms with Crippen LogP contribution >= 0.6 is 0 Å². The molecule has 2 N–H and O–H groups in total. The van der Waals surface area contributed by atoms with Crippen molar-refractivity contribution < 1.29 is 23.0 Å². The average molecular weight is 308 g/mol. The van der Waals surface area contributed by atoms with Gasteiger partial charge >= 0.3 is 6.03 Å². The Hall–Kier alpha value is -2.83. The average Bonchev–Trinajstić information content (AvgIpc) is 2.51.